The highest BCUT2D eigenvalue weighted by Gasteiger charge is 2.11. The Balaban J connectivity index is 1.88. The molecule has 0 heterocycles. The van der Waals surface area contributed by atoms with Crippen LogP contribution < -0.4 is 9.64 Å². The van der Waals surface area contributed by atoms with Gasteiger partial charge in [0.2, 0.25) is 0 Å². The van der Waals surface area contributed by atoms with E-state index < -0.39 is 6.10 Å². The zero-order valence-electron chi connectivity index (χ0n) is 13.0. The number of benzene rings is 2. The summed E-state index contributed by atoms with van der Waals surface area (Å²) >= 11 is 0. The summed E-state index contributed by atoms with van der Waals surface area (Å²) in [7, 11) is 1.96. The molecule has 3 nitrogen and oxygen atoms in total. The molecule has 1 atom stereocenters. The fourth-order valence-corrected chi connectivity index (χ4v) is 2.31. The van der Waals surface area contributed by atoms with Crippen molar-refractivity contribution in [2.24, 2.45) is 0 Å². The molecule has 2 aromatic rings. The second-order valence-electron chi connectivity index (χ2n) is 5.28. The predicted octanol–water partition coefficient (Wildman–Crippen LogP) is 3.29. The normalized spacial score (nSPS) is 11.7. The van der Waals surface area contributed by atoms with Crippen LogP contribution in [0.15, 0.2) is 67.3 Å². The van der Waals surface area contributed by atoms with Crippen LogP contribution in [0.1, 0.15) is 5.56 Å². The summed E-state index contributed by atoms with van der Waals surface area (Å²) in [6, 6.07) is 17.8. The largest absolute Gasteiger partial charge is 0.491 e. The Morgan fingerprint density at radius 3 is 2.55 bits per heavy atom. The number of para-hydroxylation sites is 2. The molecule has 0 spiro atoms. The zero-order chi connectivity index (χ0) is 15.8. The standard InChI is InChI=1S/C19H23NO2/c1-3-9-16-10-7-8-13-19(16)22-15-18(21)14-20(2)17-11-5-4-6-12-17/h3-8,10-13,18,21H,1,9,14-15H2,2H3. The van der Waals surface area contributed by atoms with E-state index in [1.807, 2.05) is 72.6 Å². The molecule has 1 unspecified atom stereocenters. The minimum atomic E-state index is -0.554. The van der Waals surface area contributed by atoms with E-state index in [-0.39, 0.29) is 6.61 Å². The molecule has 0 radical (unpaired) electrons. The van der Waals surface area contributed by atoms with Gasteiger partial charge in [0.15, 0.2) is 0 Å². The smallest absolute Gasteiger partial charge is 0.122 e. The average molecular weight is 297 g/mol. The van der Waals surface area contributed by atoms with Gasteiger partial charge in [-0.05, 0) is 30.2 Å². The van der Waals surface area contributed by atoms with E-state index in [4.69, 9.17) is 4.74 Å². The van der Waals surface area contributed by atoms with Crippen LogP contribution in [-0.4, -0.2) is 31.4 Å². The Morgan fingerprint density at radius 2 is 1.82 bits per heavy atom. The van der Waals surface area contributed by atoms with Crippen molar-refractivity contribution >= 4 is 5.69 Å². The fourth-order valence-electron chi connectivity index (χ4n) is 2.31. The highest BCUT2D eigenvalue weighted by molar-refractivity contribution is 5.45. The first-order valence-electron chi connectivity index (χ1n) is 7.46. The number of ether oxygens (including phenoxy) is 1. The summed E-state index contributed by atoms with van der Waals surface area (Å²) in [5.74, 6) is 0.809. The van der Waals surface area contributed by atoms with Crippen molar-refractivity contribution in [3.63, 3.8) is 0 Å². The van der Waals surface area contributed by atoms with Gasteiger partial charge in [-0.3, -0.25) is 0 Å². The Labute approximate surface area is 132 Å². The molecule has 0 aliphatic rings. The average Bonchev–Trinajstić information content (AvgIpc) is 2.55. The number of likely N-dealkylation sites (N-methyl/N-ethyl adjacent to an activating group) is 1. The second kappa shape index (κ2) is 8.25. The molecule has 0 saturated heterocycles. The van der Waals surface area contributed by atoms with E-state index in [1.165, 1.54) is 0 Å². The topological polar surface area (TPSA) is 32.7 Å². The maximum atomic E-state index is 10.2. The van der Waals surface area contributed by atoms with Gasteiger partial charge in [-0.15, -0.1) is 6.58 Å². The highest BCUT2D eigenvalue weighted by atomic mass is 16.5. The number of hydrogen-bond acceptors (Lipinski definition) is 3. The van der Waals surface area contributed by atoms with Crippen LogP contribution in [0.2, 0.25) is 0 Å². The van der Waals surface area contributed by atoms with E-state index in [0.29, 0.717) is 6.54 Å². The maximum absolute atomic E-state index is 10.2. The number of nitrogens with zero attached hydrogens (tertiary/aromatic N) is 1. The van der Waals surface area contributed by atoms with Crippen LogP contribution in [0.5, 0.6) is 5.75 Å². The van der Waals surface area contributed by atoms with Gasteiger partial charge in [0.05, 0.1) is 0 Å². The quantitative estimate of drug-likeness (QED) is 0.759. The summed E-state index contributed by atoms with van der Waals surface area (Å²) in [6.45, 7) is 4.54. The Bertz CT molecular complexity index is 583. The van der Waals surface area contributed by atoms with Crippen LogP contribution >= 0.6 is 0 Å². The van der Waals surface area contributed by atoms with Crippen molar-refractivity contribution in [1.82, 2.24) is 0 Å². The second-order valence-corrected chi connectivity index (χ2v) is 5.28. The molecule has 0 amide bonds. The van der Waals surface area contributed by atoms with Crippen molar-refractivity contribution in [3.05, 3.63) is 72.8 Å². The third-order valence-corrected chi connectivity index (χ3v) is 3.45. The van der Waals surface area contributed by atoms with Crippen molar-refractivity contribution in [2.75, 3.05) is 25.1 Å². The molecule has 116 valence electrons. The first-order chi connectivity index (χ1) is 10.7. The third-order valence-electron chi connectivity index (χ3n) is 3.45. The summed E-state index contributed by atoms with van der Waals surface area (Å²) < 4.78 is 5.76. The van der Waals surface area contributed by atoms with Crippen LogP contribution in [0.3, 0.4) is 0 Å². The first-order valence-corrected chi connectivity index (χ1v) is 7.46. The fraction of sp³-hybridized carbons (Fsp3) is 0.263. The lowest BCUT2D eigenvalue weighted by Crippen LogP contribution is -2.33. The Kier molecular flexibility index (Phi) is 6.04. The molecule has 0 aliphatic carbocycles. The van der Waals surface area contributed by atoms with Crippen LogP contribution in [0, 0.1) is 0 Å². The molecule has 0 aliphatic heterocycles. The van der Waals surface area contributed by atoms with Gasteiger partial charge in [0.25, 0.3) is 0 Å². The van der Waals surface area contributed by atoms with Crippen molar-refractivity contribution in [2.45, 2.75) is 12.5 Å². The van der Waals surface area contributed by atoms with Crippen molar-refractivity contribution in [1.29, 1.82) is 0 Å². The lowest BCUT2D eigenvalue weighted by atomic mass is 10.1. The molecule has 22 heavy (non-hydrogen) atoms. The molecule has 2 aromatic carbocycles. The Morgan fingerprint density at radius 1 is 1.14 bits per heavy atom. The highest BCUT2D eigenvalue weighted by Crippen LogP contribution is 2.19. The molecule has 0 bridgehead atoms. The molecular formula is C19H23NO2. The number of hydrogen-bond donors (Lipinski definition) is 1. The van der Waals surface area contributed by atoms with E-state index in [2.05, 4.69) is 6.58 Å². The van der Waals surface area contributed by atoms with Crippen molar-refractivity contribution < 1.29 is 9.84 Å². The zero-order valence-corrected chi connectivity index (χ0v) is 13.0. The minimum Gasteiger partial charge on any atom is -0.491 e. The summed E-state index contributed by atoms with van der Waals surface area (Å²) in [5.41, 5.74) is 2.16. The third kappa shape index (κ3) is 4.64. The first kappa shape index (κ1) is 16.1. The SMILES string of the molecule is C=CCc1ccccc1OCC(O)CN(C)c1ccccc1. The number of aliphatic hydroxyl groups excluding tert-OH is 1. The molecule has 3 heteroatoms. The van der Waals surface area contributed by atoms with Crippen LogP contribution in [0.4, 0.5) is 5.69 Å². The minimum absolute atomic E-state index is 0.269. The summed E-state index contributed by atoms with van der Waals surface area (Å²) in [6.07, 6.45) is 2.06. The van der Waals surface area contributed by atoms with Crippen LogP contribution in [-0.2, 0) is 6.42 Å². The molecule has 0 saturated carbocycles. The molecular weight excluding hydrogens is 274 g/mol. The van der Waals surface area contributed by atoms with E-state index in [1.54, 1.807) is 0 Å². The summed E-state index contributed by atoms with van der Waals surface area (Å²) in [4.78, 5) is 2.02. The maximum Gasteiger partial charge on any atom is 0.122 e. The van der Waals surface area contributed by atoms with Gasteiger partial charge in [-0.1, -0.05) is 42.5 Å². The Hall–Kier alpha value is -2.26. The van der Waals surface area contributed by atoms with Gasteiger partial charge in [0.1, 0.15) is 18.5 Å². The molecule has 2 rings (SSSR count). The number of rotatable bonds is 8. The lowest BCUT2D eigenvalue weighted by Gasteiger charge is -2.23. The van der Waals surface area contributed by atoms with Gasteiger partial charge in [-0.25, -0.2) is 0 Å². The molecule has 1 N–H and O–H groups in total. The summed E-state index contributed by atoms with van der Waals surface area (Å²) in [5, 5.41) is 10.2. The number of allylic oxidation sites excluding steroid dienone is 1. The van der Waals surface area contributed by atoms with E-state index in [0.717, 1.165) is 23.4 Å². The van der Waals surface area contributed by atoms with E-state index in [9.17, 15) is 5.11 Å². The molecule has 0 aromatic heterocycles. The van der Waals surface area contributed by atoms with Crippen LogP contribution in [0.25, 0.3) is 0 Å². The monoisotopic (exact) mass is 297 g/mol. The van der Waals surface area contributed by atoms with Gasteiger partial charge in [0, 0.05) is 19.3 Å². The number of aliphatic hydroxyl groups is 1. The van der Waals surface area contributed by atoms with Gasteiger partial charge in [-0.2, -0.15) is 0 Å². The van der Waals surface area contributed by atoms with E-state index >= 15 is 0 Å². The van der Waals surface area contributed by atoms with Crippen molar-refractivity contribution in [3.8, 4) is 5.75 Å². The number of anilines is 1. The van der Waals surface area contributed by atoms with Gasteiger partial charge >= 0.3 is 0 Å². The van der Waals surface area contributed by atoms with Gasteiger partial charge < -0.3 is 14.7 Å². The molecule has 0 fully saturated rings. The predicted molar refractivity (Wildman–Crippen MR) is 91.6 cm³/mol. The lowest BCUT2D eigenvalue weighted by molar-refractivity contribution is 0.112.